The first-order chi connectivity index (χ1) is 9.74. The van der Waals surface area contributed by atoms with Gasteiger partial charge in [-0.2, -0.15) is 0 Å². The summed E-state index contributed by atoms with van der Waals surface area (Å²) in [6.07, 6.45) is 3.24. The van der Waals surface area contributed by atoms with Crippen LogP contribution in [0, 0.1) is 6.92 Å². The number of hydrogen-bond donors (Lipinski definition) is 1. The molecule has 0 saturated heterocycles. The Morgan fingerprint density at radius 1 is 1.30 bits per heavy atom. The van der Waals surface area contributed by atoms with E-state index in [1.54, 1.807) is 12.4 Å². The summed E-state index contributed by atoms with van der Waals surface area (Å²) in [5.41, 5.74) is 2.46. The summed E-state index contributed by atoms with van der Waals surface area (Å²) >= 11 is 0. The topological polar surface area (TPSA) is 60.5 Å². The molecule has 1 N–H and O–H groups in total. The molecule has 3 rings (SSSR count). The van der Waals surface area contributed by atoms with Gasteiger partial charge in [-0.3, -0.25) is 9.78 Å². The summed E-state index contributed by atoms with van der Waals surface area (Å²) in [6, 6.07) is 7.44. The highest BCUT2D eigenvalue weighted by Crippen LogP contribution is 2.32. The van der Waals surface area contributed by atoms with Gasteiger partial charge >= 0.3 is 0 Å². The Morgan fingerprint density at radius 2 is 2.15 bits per heavy atom. The number of nitrogens with zero attached hydrogens (tertiary/aromatic N) is 1. The third-order valence-electron chi connectivity index (χ3n) is 3.17. The molecule has 2 heterocycles. The maximum absolute atomic E-state index is 12.1. The van der Waals surface area contributed by atoms with Crippen molar-refractivity contribution in [2.45, 2.75) is 13.5 Å². The smallest absolute Gasteiger partial charge is 0.253 e. The lowest BCUT2D eigenvalue weighted by molar-refractivity contribution is 0.0950. The van der Waals surface area contributed by atoms with Crippen LogP contribution in [-0.2, 0) is 6.54 Å². The number of rotatable bonds is 3. The number of ether oxygens (including phenoxy) is 2. The standard InChI is InChI=1S/C15H14N2O3/c1-10-4-5-16-8-12(10)15(18)17-7-11-2-3-13-14(6-11)20-9-19-13/h2-6,8H,7,9H2,1H3,(H,17,18). The van der Waals surface area contributed by atoms with E-state index in [-0.39, 0.29) is 12.7 Å². The Kier molecular flexibility index (Phi) is 3.25. The molecule has 0 bridgehead atoms. The van der Waals surface area contributed by atoms with Crippen LogP contribution in [0.15, 0.2) is 36.7 Å². The lowest BCUT2D eigenvalue weighted by Gasteiger charge is -2.07. The third-order valence-corrected chi connectivity index (χ3v) is 3.17. The lowest BCUT2D eigenvalue weighted by Crippen LogP contribution is -2.23. The molecule has 1 aromatic heterocycles. The van der Waals surface area contributed by atoms with Crippen molar-refractivity contribution in [1.29, 1.82) is 0 Å². The highest BCUT2D eigenvalue weighted by atomic mass is 16.7. The number of amides is 1. The molecule has 5 heteroatoms. The number of fused-ring (bicyclic) bond motifs is 1. The molecule has 0 saturated carbocycles. The highest BCUT2D eigenvalue weighted by molar-refractivity contribution is 5.95. The minimum Gasteiger partial charge on any atom is -0.454 e. The van der Waals surface area contributed by atoms with Crippen LogP contribution in [-0.4, -0.2) is 17.7 Å². The Hall–Kier alpha value is -2.56. The van der Waals surface area contributed by atoms with Crippen molar-refractivity contribution in [1.82, 2.24) is 10.3 Å². The molecule has 1 aromatic carbocycles. The van der Waals surface area contributed by atoms with Crippen LogP contribution in [0.3, 0.4) is 0 Å². The van der Waals surface area contributed by atoms with Gasteiger partial charge in [0.25, 0.3) is 5.91 Å². The van der Waals surface area contributed by atoms with Crippen LogP contribution in [0.2, 0.25) is 0 Å². The summed E-state index contributed by atoms with van der Waals surface area (Å²) in [6.45, 7) is 2.57. The summed E-state index contributed by atoms with van der Waals surface area (Å²) < 4.78 is 10.6. The van der Waals surface area contributed by atoms with Gasteiger partial charge in [0, 0.05) is 18.9 Å². The quantitative estimate of drug-likeness (QED) is 0.927. The van der Waals surface area contributed by atoms with E-state index < -0.39 is 0 Å². The second-order valence-electron chi connectivity index (χ2n) is 4.56. The van der Waals surface area contributed by atoms with Crippen molar-refractivity contribution >= 4 is 5.91 Å². The number of hydrogen-bond acceptors (Lipinski definition) is 4. The molecule has 2 aromatic rings. The predicted octanol–water partition coefficient (Wildman–Crippen LogP) is 2.05. The summed E-state index contributed by atoms with van der Waals surface area (Å²) in [5.74, 6) is 1.32. The van der Waals surface area contributed by atoms with E-state index in [1.807, 2.05) is 31.2 Å². The van der Waals surface area contributed by atoms with E-state index in [1.165, 1.54) is 0 Å². The maximum Gasteiger partial charge on any atom is 0.253 e. The van der Waals surface area contributed by atoms with E-state index in [4.69, 9.17) is 9.47 Å². The van der Waals surface area contributed by atoms with Crippen LogP contribution in [0.4, 0.5) is 0 Å². The van der Waals surface area contributed by atoms with Crippen molar-refractivity contribution in [2.24, 2.45) is 0 Å². The summed E-state index contributed by atoms with van der Waals surface area (Å²) in [4.78, 5) is 16.0. The van der Waals surface area contributed by atoms with Gasteiger partial charge in [-0.1, -0.05) is 6.07 Å². The Labute approximate surface area is 116 Å². The normalized spacial score (nSPS) is 12.2. The number of benzene rings is 1. The largest absolute Gasteiger partial charge is 0.454 e. The minimum atomic E-state index is -0.131. The zero-order valence-corrected chi connectivity index (χ0v) is 11.1. The van der Waals surface area contributed by atoms with Gasteiger partial charge in [0.05, 0.1) is 5.56 Å². The first kappa shape index (κ1) is 12.5. The van der Waals surface area contributed by atoms with Crippen molar-refractivity contribution in [3.05, 3.63) is 53.3 Å². The SMILES string of the molecule is Cc1ccncc1C(=O)NCc1ccc2c(c1)OCO2. The zero-order valence-electron chi connectivity index (χ0n) is 11.1. The first-order valence-corrected chi connectivity index (χ1v) is 6.31. The van der Waals surface area contributed by atoms with Crippen molar-refractivity contribution in [3.8, 4) is 11.5 Å². The number of pyridine rings is 1. The van der Waals surface area contributed by atoms with Crippen LogP contribution < -0.4 is 14.8 Å². The van der Waals surface area contributed by atoms with E-state index in [0.717, 1.165) is 16.9 Å². The van der Waals surface area contributed by atoms with Gasteiger partial charge in [0.1, 0.15) is 0 Å². The van der Waals surface area contributed by atoms with Crippen molar-refractivity contribution in [2.75, 3.05) is 6.79 Å². The van der Waals surface area contributed by atoms with Crippen molar-refractivity contribution < 1.29 is 14.3 Å². The fraction of sp³-hybridized carbons (Fsp3) is 0.200. The van der Waals surface area contributed by atoms with Gasteiger partial charge in [-0.15, -0.1) is 0 Å². The Morgan fingerprint density at radius 3 is 3.00 bits per heavy atom. The molecule has 0 radical (unpaired) electrons. The molecular formula is C15H14N2O3. The van der Waals surface area contributed by atoms with Crippen molar-refractivity contribution in [3.63, 3.8) is 0 Å². The number of aryl methyl sites for hydroxylation is 1. The van der Waals surface area contributed by atoms with Crippen LogP contribution in [0.5, 0.6) is 11.5 Å². The Balaban J connectivity index is 1.68. The number of aromatic nitrogens is 1. The third kappa shape index (κ3) is 2.42. The van der Waals surface area contributed by atoms with E-state index in [2.05, 4.69) is 10.3 Å². The van der Waals surface area contributed by atoms with Gasteiger partial charge in [-0.05, 0) is 36.2 Å². The molecule has 0 aliphatic carbocycles. The predicted molar refractivity (Wildman–Crippen MR) is 72.7 cm³/mol. The van der Waals surface area contributed by atoms with Gasteiger partial charge in [-0.25, -0.2) is 0 Å². The lowest BCUT2D eigenvalue weighted by atomic mass is 10.1. The molecule has 0 spiro atoms. The van der Waals surface area contributed by atoms with Gasteiger partial charge in [0.15, 0.2) is 11.5 Å². The maximum atomic E-state index is 12.1. The van der Waals surface area contributed by atoms with E-state index >= 15 is 0 Å². The average molecular weight is 270 g/mol. The first-order valence-electron chi connectivity index (χ1n) is 6.31. The molecule has 1 aliphatic rings. The molecular weight excluding hydrogens is 256 g/mol. The number of carbonyl (C=O) groups is 1. The monoisotopic (exact) mass is 270 g/mol. The second-order valence-corrected chi connectivity index (χ2v) is 4.56. The van der Waals surface area contributed by atoms with E-state index in [9.17, 15) is 4.79 Å². The molecule has 5 nitrogen and oxygen atoms in total. The molecule has 0 atom stereocenters. The average Bonchev–Trinajstić information content (AvgIpc) is 2.92. The van der Waals surface area contributed by atoms with Gasteiger partial charge < -0.3 is 14.8 Å². The zero-order chi connectivity index (χ0) is 13.9. The second kappa shape index (κ2) is 5.21. The minimum absolute atomic E-state index is 0.131. The number of nitrogens with one attached hydrogen (secondary N) is 1. The number of carbonyl (C=O) groups excluding carboxylic acids is 1. The molecule has 0 fully saturated rings. The van der Waals surface area contributed by atoms with Crippen LogP contribution in [0.25, 0.3) is 0 Å². The fourth-order valence-corrected chi connectivity index (χ4v) is 2.03. The molecule has 1 amide bonds. The summed E-state index contributed by atoms with van der Waals surface area (Å²) in [7, 11) is 0. The van der Waals surface area contributed by atoms with Crippen LogP contribution >= 0.6 is 0 Å². The molecule has 20 heavy (non-hydrogen) atoms. The summed E-state index contributed by atoms with van der Waals surface area (Å²) in [5, 5.41) is 2.87. The van der Waals surface area contributed by atoms with Crippen LogP contribution in [0.1, 0.15) is 21.5 Å². The molecule has 1 aliphatic heterocycles. The van der Waals surface area contributed by atoms with E-state index in [0.29, 0.717) is 17.9 Å². The molecule has 0 unspecified atom stereocenters. The van der Waals surface area contributed by atoms with Gasteiger partial charge in [0.2, 0.25) is 6.79 Å². The molecule has 102 valence electrons. The fourth-order valence-electron chi connectivity index (χ4n) is 2.03. The highest BCUT2D eigenvalue weighted by Gasteiger charge is 2.14. The Bertz CT molecular complexity index is 655.